The maximum Gasteiger partial charge on any atom is 0.387 e. The van der Waals surface area contributed by atoms with Gasteiger partial charge in [-0.2, -0.15) is 13.5 Å². The van der Waals surface area contributed by atoms with Gasteiger partial charge in [-0.15, -0.1) is 0 Å². The maximum atomic E-state index is 13.5. The van der Waals surface area contributed by atoms with Gasteiger partial charge in [-0.1, -0.05) is 29.3 Å². The summed E-state index contributed by atoms with van der Waals surface area (Å²) in [6, 6.07) is 9.04. The normalized spacial score (nSPS) is 15.3. The number of esters is 1. The van der Waals surface area contributed by atoms with Gasteiger partial charge in [0.15, 0.2) is 35.4 Å². The Morgan fingerprint density at radius 3 is 2.10 bits per heavy atom. The van der Waals surface area contributed by atoms with Crippen LogP contribution in [0, 0.1) is 17.0 Å². The molecule has 8 nitrogen and oxygen atoms in total. The molecule has 0 radical (unpaired) electrons. The highest BCUT2D eigenvalue weighted by Gasteiger charge is 2.27. The van der Waals surface area contributed by atoms with Crippen LogP contribution in [0.3, 0.4) is 0 Å². The molecule has 0 bridgehead atoms. The first-order valence-electron chi connectivity index (χ1n) is 13.5. The number of halogens is 4. The van der Waals surface area contributed by atoms with E-state index in [0.717, 1.165) is 38.1 Å². The van der Waals surface area contributed by atoms with Gasteiger partial charge in [0.05, 0.1) is 25.9 Å². The quantitative estimate of drug-likeness (QED) is 0.109. The van der Waals surface area contributed by atoms with E-state index in [2.05, 4.69) is 4.74 Å². The predicted molar refractivity (Wildman–Crippen MR) is 150 cm³/mol. The molecule has 5 rings (SSSR count). The largest absolute Gasteiger partial charge is 0.619 e. The molecular formula is C30H29Cl2F2NO7. The Morgan fingerprint density at radius 2 is 1.52 bits per heavy atom. The molecule has 0 amide bonds. The van der Waals surface area contributed by atoms with Crippen molar-refractivity contribution in [3.8, 4) is 23.0 Å². The van der Waals surface area contributed by atoms with Crippen LogP contribution in [0.5, 0.6) is 23.0 Å². The molecule has 0 N–H and O–H groups in total. The van der Waals surface area contributed by atoms with Crippen LogP contribution in [0.15, 0.2) is 48.8 Å². The fraction of sp³-hybridized carbons (Fsp3) is 0.400. The van der Waals surface area contributed by atoms with Crippen molar-refractivity contribution in [2.24, 2.45) is 11.8 Å². The second-order valence-corrected chi connectivity index (χ2v) is 11.2. The average molecular weight is 624 g/mol. The minimum atomic E-state index is -3.06. The monoisotopic (exact) mass is 623 g/mol. The van der Waals surface area contributed by atoms with Gasteiger partial charge < -0.3 is 28.9 Å². The first-order chi connectivity index (χ1) is 20.2. The topological polar surface area (TPSA) is 90.2 Å². The van der Waals surface area contributed by atoms with E-state index in [1.165, 1.54) is 25.3 Å². The van der Waals surface area contributed by atoms with Crippen molar-refractivity contribution in [2.75, 3.05) is 20.3 Å². The van der Waals surface area contributed by atoms with Crippen molar-refractivity contribution in [2.45, 2.75) is 44.8 Å². The minimum Gasteiger partial charge on any atom is -0.619 e. The van der Waals surface area contributed by atoms with Gasteiger partial charge in [0.2, 0.25) is 0 Å². The van der Waals surface area contributed by atoms with Crippen LogP contribution < -0.4 is 23.7 Å². The second-order valence-electron chi connectivity index (χ2n) is 10.3. The molecule has 1 atom stereocenters. The predicted octanol–water partition coefficient (Wildman–Crippen LogP) is 6.96. The molecule has 224 valence electrons. The number of benzene rings is 2. The van der Waals surface area contributed by atoms with Crippen molar-refractivity contribution in [1.29, 1.82) is 0 Å². The number of aromatic nitrogens is 1. The van der Waals surface area contributed by atoms with Gasteiger partial charge in [0.1, 0.15) is 16.1 Å². The van der Waals surface area contributed by atoms with Crippen molar-refractivity contribution < 1.29 is 42.0 Å². The Labute approximate surface area is 251 Å². The molecular weight excluding hydrogens is 595 g/mol. The van der Waals surface area contributed by atoms with Crippen LogP contribution in [0.4, 0.5) is 8.78 Å². The summed E-state index contributed by atoms with van der Waals surface area (Å²) in [4.78, 5) is 13.5. The number of methoxy groups -OCH3 is 1. The number of hydrogen-bond donors (Lipinski definition) is 0. The third-order valence-electron chi connectivity index (χ3n) is 6.99. The summed E-state index contributed by atoms with van der Waals surface area (Å²) in [6.45, 7) is -2.21. The molecule has 0 spiro atoms. The lowest BCUT2D eigenvalue weighted by molar-refractivity contribution is -0.605. The highest BCUT2D eigenvalue weighted by Crippen LogP contribution is 2.38. The van der Waals surface area contributed by atoms with E-state index in [-0.39, 0.29) is 33.5 Å². The molecule has 2 aliphatic carbocycles. The van der Waals surface area contributed by atoms with Crippen molar-refractivity contribution in [3.63, 3.8) is 0 Å². The molecule has 2 aliphatic rings. The Bertz CT molecular complexity index is 1410. The van der Waals surface area contributed by atoms with E-state index in [1.807, 2.05) is 0 Å². The third-order valence-corrected chi connectivity index (χ3v) is 7.65. The van der Waals surface area contributed by atoms with E-state index < -0.39 is 18.7 Å². The van der Waals surface area contributed by atoms with E-state index in [1.54, 1.807) is 18.2 Å². The van der Waals surface area contributed by atoms with Crippen LogP contribution in [-0.4, -0.2) is 32.9 Å². The first kappa shape index (κ1) is 30.0. The summed E-state index contributed by atoms with van der Waals surface area (Å²) in [7, 11) is 1.53. The smallest absolute Gasteiger partial charge is 0.387 e. The van der Waals surface area contributed by atoms with Gasteiger partial charge in [0, 0.05) is 12.0 Å². The third kappa shape index (κ3) is 7.86. The summed E-state index contributed by atoms with van der Waals surface area (Å²) in [6.07, 6.45) is 5.57. The molecule has 2 saturated carbocycles. The Morgan fingerprint density at radius 1 is 0.929 bits per heavy atom. The molecule has 0 aliphatic heterocycles. The van der Waals surface area contributed by atoms with Gasteiger partial charge in [-0.3, -0.25) is 0 Å². The molecule has 2 aromatic carbocycles. The molecule has 12 heteroatoms. The van der Waals surface area contributed by atoms with Crippen LogP contribution in [0.2, 0.25) is 10.0 Å². The number of nitrogens with zero attached hydrogens (tertiary/aromatic N) is 1. The molecule has 2 fully saturated rings. The zero-order chi connectivity index (χ0) is 29.8. The fourth-order valence-corrected chi connectivity index (χ4v) is 4.87. The Hall–Kier alpha value is -3.50. The van der Waals surface area contributed by atoms with E-state index in [9.17, 15) is 18.8 Å². The summed E-state index contributed by atoms with van der Waals surface area (Å²) >= 11 is 12.7. The van der Waals surface area contributed by atoms with Gasteiger partial charge >= 0.3 is 12.6 Å². The summed E-state index contributed by atoms with van der Waals surface area (Å²) in [5.41, 5.74) is 1.02. The number of pyridine rings is 1. The average Bonchev–Trinajstić information content (AvgIpc) is 3.88. The second kappa shape index (κ2) is 13.2. The minimum absolute atomic E-state index is 0.0163. The molecule has 1 heterocycles. The summed E-state index contributed by atoms with van der Waals surface area (Å²) < 4.78 is 54.2. The van der Waals surface area contributed by atoms with Crippen LogP contribution in [-0.2, 0) is 11.2 Å². The highest BCUT2D eigenvalue weighted by atomic mass is 35.5. The SMILES string of the molecule is COc1ccc(C(Cc2c(Cl)c[n+]([O-])cc2Cl)OC(=O)c2ccc(OC(F)F)c(OCC3CC3)c2)cc1OCC1CC1. The van der Waals surface area contributed by atoms with Gasteiger partial charge in [0.25, 0.3) is 0 Å². The lowest BCUT2D eigenvalue weighted by atomic mass is 10.0. The van der Waals surface area contributed by atoms with E-state index >= 15 is 0 Å². The molecule has 1 unspecified atom stereocenters. The van der Waals surface area contributed by atoms with Crippen molar-refractivity contribution >= 4 is 29.2 Å². The summed E-state index contributed by atoms with van der Waals surface area (Å²) in [5, 5.41) is 12.0. The van der Waals surface area contributed by atoms with Crippen LogP contribution in [0.1, 0.15) is 53.3 Å². The maximum absolute atomic E-state index is 13.5. The molecule has 1 aromatic heterocycles. The summed E-state index contributed by atoms with van der Waals surface area (Å²) in [5.74, 6) is 0.903. The van der Waals surface area contributed by atoms with Crippen LogP contribution >= 0.6 is 23.2 Å². The first-order valence-corrected chi connectivity index (χ1v) is 14.3. The zero-order valence-electron chi connectivity index (χ0n) is 22.7. The molecule has 42 heavy (non-hydrogen) atoms. The standard InChI is InChI=1S/C30H29Cl2F2NO7/c1-38-24-8-6-19(10-27(24)39-15-17-2-3-17)26(12-21-22(31)13-35(37)14-23(21)32)41-29(36)20-7-9-25(42-30(33)34)28(11-20)40-16-18-4-5-18/h6-11,13-14,17-18,26,30H,2-5,12,15-16H2,1H3. The molecule has 0 saturated heterocycles. The van der Waals surface area contributed by atoms with E-state index in [4.69, 9.17) is 42.1 Å². The Balaban J connectivity index is 1.45. The number of carbonyl (C=O) groups excluding carboxylic acids is 1. The van der Waals surface area contributed by atoms with Gasteiger partial charge in [-0.05, 0) is 73.4 Å². The number of ether oxygens (including phenoxy) is 5. The molecule has 3 aromatic rings. The number of rotatable bonds is 14. The lowest BCUT2D eigenvalue weighted by Crippen LogP contribution is -2.25. The number of alkyl halides is 2. The number of carbonyl (C=O) groups is 1. The highest BCUT2D eigenvalue weighted by molar-refractivity contribution is 6.35. The number of hydrogen-bond acceptors (Lipinski definition) is 7. The zero-order valence-corrected chi connectivity index (χ0v) is 24.2. The van der Waals surface area contributed by atoms with Crippen molar-refractivity contribution in [3.05, 3.63) is 80.7 Å². The van der Waals surface area contributed by atoms with Crippen LogP contribution in [0.25, 0.3) is 0 Å². The van der Waals surface area contributed by atoms with Crippen molar-refractivity contribution in [1.82, 2.24) is 0 Å². The fourth-order valence-electron chi connectivity index (χ4n) is 4.27. The Kier molecular flexibility index (Phi) is 9.43. The lowest BCUT2D eigenvalue weighted by Gasteiger charge is -2.21. The van der Waals surface area contributed by atoms with Gasteiger partial charge in [-0.25, -0.2) is 4.79 Å². The van der Waals surface area contributed by atoms with E-state index in [0.29, 0.717) is 52.4 Å².